The van der Waals surface area contributed by atoms with E-state index in [1.165, 1.54) is 0 Å². The van der Waals surface area contributed by atoms with E-state index in [-0.39, 0.29) is 5.41 Å². The normalized spacial score (nSPS) is 19.0. The number of hydrogen-bond donors (Lipinski definition) is 2. The van der Waals surface area contributed by atoms with Gasteiger partial charge in [0.05, 0.1) is 5.57 Å². The summed E-state index contributed by atoms with van der Waals surface area (Å²) < 4.78 is 0. The quantitative estimate of drug-likeness (QED) is 0.646. The number of rotatable bonds is 1. The molecule has 1 aliphatic rings. The van der Waals surface area contributed by atoms with Crippen molar-refractivity contribution in [1.29, 1.82) is 0 Å². The zero-order chi connectivity index (χ0) is 10.1. The summed E-state index contributed by atoms with van der Waals surface area (Å²) in [6, 6.07) is 0. The Morgan fingerprint density at radius 3 is 2.46 bits per heavy atom. The van der Waals surface area contributed by atoms with Gasteiger partial charge in [0.1, 0.15) is 0 Å². The average Bonchev–Trinajstić information content (AvgIpc) is 2.03. The Bertz CT molecular complexity index is 248. The number of carboxylic acids is 1. The zero-order valence-corrected chi connectivity index (χ0v) is 8.48. The van der Waals surface area contributed by atoms with Crippen LogP contribution in [-0.2, 0) is 4.79 Å². The van der Waals surface area contributed by atoms with Crippen molar-refractivity contribution in [2.75, 3.05) is 13.1 Å². The topological polar surface area (TPSA) is 49.3 Å². The molecule has 0 fully saturated rings. The lowest BCUT2D eigenvalue weighted by Crippen LogP contribution is -2.32. The third-order valence-corrected chi connectivity index (χ3v) is 2.38. The summed E-state index contributed by atoms with van der Waals surface area (Å²) in [5, 5.41) is 12.1. The van der Waals surface area contributed by atoms with Crippen molar-refractivity contribution < 1.29 is 9.90 Å². The van der Waals surface area contributed by atoms with Gasteiger partial charge in [0.15, 0.2) is 0 Å². The van der Waals surface area contributed by atoms with Crippen LogP contribution in [0.3, 0.4) is 0 Å². The Morgan fingerprint density at radius 2 is 2.08 bits per heavy atom. The van der Waals surface area contributed by atoms with Crippen LogP contribution in [0.1, 0.15) is 27.2 Å². The SMILES string of the molecule is CC(C)(C)C1=C(C(=O)O)CNCC1. The van der Waals surface area contributed by atoms with E-state index in [0.717, 1.165) is 18.5 Å². The minimum atomic E-state index is -0.780. The standard InChI is InChI=1S/C10H17NO2/c1-10(2,3)8-4-5-11-6-7(8)9(12)13/h11H,4-6H2,1-3H3,(H,12,13). The van der Waals surface area contributed by atoms with E-state index in [4.69, 9.17) is 5.11 Å². The van der Waals surface area contributed by atoms with Crippen LogP contribution in [-0.4, -0.2) is 24.2 Å². The first kappa shape index (κ1) is 10.3. The molecule has 0 amide bonds. The molecule has 0 bridgehead atoms. The van der Waals surface area contributed by atoms with Crippen molar-refractivity contribution in [1.82, 2.24) is 5.32 Å². The minimum absolute atomic E-state index is 0.0180. The van der Waals surface area contributed by atoms with Gasteiger partial charge in [0, 0.05) is 6.54 Å². The van der Waals surface area contributed by atoms with Crippen LogP contribution < -0.4 is 5.32 Å². The smallest absolute Gasteiger partial charge is 0.332 e. The van der Waals surface area contributed by atoms with Gasteiger partial charge in [-0.1, -0.05) is 26.3 Å². The molecule has 13 heavy (non-hydrogen) atoms. The summed E-state index contributed by atoms with van der Waals surface area (Å²) in [5.41, 5.74) is 1.62. The third-order valence-electron chi connectivity index (χ3n) is 2.38. The van der Waals surface area contributed by atoms with Gasteiger partial charge in [-0.15, -0.1) is 0 Å². The fourth-order valence-electron chi connectivity index (χ4n) is 1.72. The first-order valence-corrected chi connectivity index (χ1v) is 4.59. The number of carbonyl (C=O) groups is 1. The Kier molecular flexibility index (Phi) is 2.76. The number of aliphatic carboxylic acids is 1. The van der Waals surface area contributed by atoms with E-state index in [2.05, 4.69) is 26.1 Å². The summed E-state index contributed by atoms with van der Waals surface area (Å²) in [6.07, 6.45) is 0.852. The van der Waals surface area contributed by atoms with Gasteiger partial charge in [-0.05, 0) is 18.4 Å². The molecule has 0 saturated carbocycles. The van der Waals surface area contributed by atoms with Gasteiger partial charge in [-0.3, -0.25) is 0 Å². The van der Waals surface area contributed by atoms with E-state index < -0.39 is 5.97 Å². The molecule has 0 spiro atoms. The molecule has 0 aliphatic carbocycles. The molecule has 1 heterocycles. The fourth-order valence-corrected chi connectivity index (χ4v) is 1.72. The lowest BCUT2D eigenvalue weighted by atomic mass is 9.80. The highest BCUT2D eigenvalue weighted by Gasteiger charge is 2.26. The largest absolute Gasteiger partial charge is 0.478 e. The predicted octanol–water partition coefficient (Wildman–Crippen LogP) is 1.41. The molecule has 74 valence electrons. The van der Waals surface area contributed by atoms with Crippen molar-refractivity contribution in [3.8, 4) is 0 Å². The summed E-state index contributed by atoms with van der Waals surface area (Å²) in [4.78, 5) is 10.9. The first-order valence-electron chi connectivity index (χ1n) is 4.59. The van der Waals surface area contributed by atoms with E-state index in [0.29, 0.717) is 12.1 Å². The number of nitrogens with one attached hydrogen (secondary N) is 1. The van der Waals surface area contributed by atoms with Crippen molar-refractivity contribution in [2.24, 2.45) is 5.41 Å². The maximum Gasteiger partial charge on any atom is 0.332 e. The zero-order valence-electron chi connectivity index (χ0n) is 8.48. The molecule has 3 heteroatoms. The van der Waals surface area contributed by atoms with Crippen molar-refractivity contribution in [3.63, 3.8) is 0 Å². The molecule has 2 N–H and O–H groups in total. The van der Waals surface area contributed by atoms with Crippen LogP contribution in [0.2, 0.25) is 0 Å². The molecule has 0 aromatic heterocycles. The van der Waals surface area contributed by atoms with Crippen LogP contribution >= 0.6 is 0 Å². The molecule has 0 atom stereocenters. The summed E-state index contributed by atoms with van der Waals surface area (Å²) in [6.45, 7) is 7.59. The second-order valence-electron chi connectivity index (χ2n) is 4.44. The highest BCUT2D eigenvalue weighted by atomic mass is 16.4. The molecule has 3 nitrogen and oxygen atoms in total. The Morgan fingerprint density at radius 1 is 1.46 bits per heavy atom. The second-order valence-corrected chi connectivity index (χ2v) is 4.44. The third kappa shape index (κ3) is 2.31. The molecule has 0 aromatic carbocycles. The maximum atomic E-state index is 10.9. The lowest BCUT2D eigenvalue weighted by Gasteiger charge is -2.29. The number of hydrogen-bond acceptors (Lipinski definition) is 2. The van der Waals surface area contributed by atoms with Crippen LogP contribution in [0.15, 0.2) is 11.1 Å². The van der Waals surface area contributed by atoms with E-state index in [1.807, 2.05) is 0 Å². The fraction of sp³-hybridized carbons (Fsp3) is 0.700. The molecular weight excluding hydrogens is 166 g/mol. The molecule has 0 radical (unpaired) electrons. The van der Waals surface area contributed by atoms with Crippen molar-refractivity contribution in [3.05, 3.63) is 11.1 Å². The van der Waals surface area contributed by atoms with Gasteiger partial charge < -0.3 is 10.4 Å². The molecule has 0 unspecified atom stereocenters. The lowest BCUT2D eigenvalue weighted by molar-refractivity contribution is -0.132. The molecule has 0 saturated heterocycles. The van der Waals surface area contributed by atoms with Crippen molar-refractivity contribution >= 4 is 5.97 Å². The van der Waals surface area contributed by atoms with Gasteiger partial charge in [0.25, 0.3) is 0 Å². The monoisotopic (exact) mass is 183 g/mol. The summed E-state index contributed by atoms with van der Waals surface area (Å²) in [7, 11) is 0. The molecular formula is C10H17NO2. The van der Waals surface area contributed by atoms with E-state index >= 15 is 0 Å². The van der Waals surface area contributed by atoms with Gasteiger partial charge in [-0.2, -0.15) is 0 Å². The maximum absolute atomic E-state index is 10.9. The van der Waals surface area contributed by atoms with Gasteiger partial charge in [-0.25, -0.2) is 4.79 Å². The summed E-state index contributed by atoms with van der Waals surface area (Å²) in [5.74, 6) is -0.780. The molecule has 0 aromatic rings. The highest BCUT2D eigenvalue weighted by molar-refractivity contribution is 5.88. The number of carboxylic acid groups (broad SMARTS) is 1. The van der Waals surface area contributed by atoms with Crippen LogP contribution in [0.4, 0.5) is 0 Å². The van der Waals surface area contributed by atoms with Crippen LogP contribution in [0.5, 0.6) is 0 Å². The van der Waals surface area contributed by atoms with Crippen LogP contribution in [0.25, 0.3) is 0 Å². The summed E-state index contributed by atoms with van der Waals surface area (Å²) >= 11 is 0. The average molecular weight is 183 g/mol. The van der Waals surface area contributed by atoms with E-state index in [9.17, 15) is 4.79 Å². The van der Waals surface area contributed by atoms with Crippen molar-refractivity contribution in [2.45, 2.75) is 27.2 Å². The first-order chi connectivity index (χ1) is 5.93. The van der Waals surface area contributed by atoms with Crippen LogP contribution in [0, 0.1) is 5.41 Å². The molecule has 1 rings (SSSR count). The predicted molar refractivity (Wildman–Crippen MR) is 51.6 cm³/mol. The Labute approximate surface area is 78.8 Å². The van der Waals surface area contributed by atoms with E-state index in [1.54, 1.807) is 0 Å². The second kappa shape index (κ2) is 3.50. The molecule has 1 aliphatic heterocycles. The van der Waals surface area contributed by atoms with Gasteiger partial charge >= 0.3 is 5.97 Å². The van der Waals surface area contributed by atoms with Gasteiger partial charge in [0.2, 0.25) is 0 Å². The Balaban J connectivity index is 3.04. The minimum Gasteiger partial charge on any atom is -0.478 e. The Hall–Kier alpha value is -0.830. The highest BCUT2D eigenvalue weighted by Crippen LogP contribution is 2.31.